The summed E-state index contributed by atoms with van der Waals surface area (Å²) < 4.78 is 1.51. The van der Waals surface area contributed by atoms with E-state index in [0.29, 0.717) is 39.9 Å². The van der Waals surface area contributed by atoms with Gasteiger partial charge in [0.15, 0.2) is 0 Å². The molecular formula is C20H24Cl2N4O. The first-order valence-electron chi connectivity index (χ1n) is 9.35. The minimum Gasteiger partial charge on any atom is -0.355 e. The predicted molar refractivity (Wildman–Crippen MR) is 110 cm³/mol. The van der Waals surface area contributed by atoms with E-state index in [2.05, 4.69) is 11.8 Å². The van der Waals surface area contributed by atoms with Crippen molar-refractivity contribution in [3.63, 3.8) is 0 Å². The fraction of sp³-hybridized carbons (Fsp3) is 0.500. The highest BCUT2D eigenvalue weighted by Crippen LogP contribution is 2.51. The van der Waals surface area contributed by atoms with Crippen LogP contribution >= 0.6 is 23.2 Å². The van der Waals surface area contributed by atoms with Crippen molar-refractivity contribution < 1.29 is 0 Å². The summed E-state index contributed by atoms with van der Waals surface area (Å²) in [7, 11) is 0. The van der Waals surface area contributed by atoms with Crippen molar-refractivity contribution in [1.82, 2.24) is 9.55 Å². The SMILES string of the molecule is Cc1nc(N2CC3CC(C)C[C@]3(CN)C2)cc(=O)n1-c1cccc(Cl)c1Cl. The van der Waals surface area contributed by atoms with Crippen LogP contribution in [0.2, 0.25) is 10.0 Å². The Morgan fingerprint density at radius 3 is 2.81 bits per heavy atom. The summed E-state index contributed by atoms with van der Waals surface area (Å²) >= 11 is 12.4. The van der Waals surface area contributed by atoms with Crippen LogP contribution in [-0.2, 0) is 0 Å². The highest BCUT2D eigenvalue weighted by atomic mass is 35.5. The average Bonchev–Trinajstić information content (AvgIpc) is 3.11. The van der Waals surface area contributed by atoms with Gasteiger partial charge < -0.3 is 10.6 Å². The molecule has 144 valence electrons. The number of anilines is 1. The van der Waals surface area contributed by atoms with Gasteiger partial charge in [-0.15, -0.1) is 0 Å². The molecule has 2 heterocycles. The number of hydrogen-bond donors (Lipinski definition) is 1. The second kappa shape index (κ2) is 6.80. The molecule has 5 nitrogen and oxygen atoms in total. The van der Waals surface area contributed by atoms with Crippen molar-refractivity contribution in [3.05, 3.63) is 50.5 Å². The first-order chi connectivity index (χ1) is 12.8. The molecule has 1 aliphatic carbocycles. The predicted octanol–water partition coefficient (Wildman–Crippen LogP) is 3.66. The first kappa shape index (κ1) is 18.8. The van der Waals surface area contributed by atoms with Crippen LogP contribution in [0.5, 0.6) is 0 Å². The maximum atomic E-state index is 12.9. The van der Waals surface area contributed by atoms with E-state index in [1.54, 1.807) is 24.3 Å². The fourth-order valence-electron chi connectivity index (χ4n) is 5.04. The van der Waals surface area contributed by atoms with Crippen molar-refractivity contribution in [2.45, 2.75) is 26.7 Å². The Hall–Kier alpha value is -1.56. The summed E-state index contributed by atoms with van der Waals surface area (Å²) in [4.78, 5) is 19.8. The third kappa shape index (κ3) is 3.06. The van der Waals surface area contributed by atoms with Crippen LogP contribution in [0.1, 0.15) is 25.6 Å². The molecule has 0 amide bonds. The molecule has 0 radical (unpaired) electrons. The van der Waals surface area contributed by atoms with Crippen molar-refractivity contribution in [1.29, 1.82) is 0 Å². The zero-order chi connectivity index (χ0) is 19.3. The highest BCUT2D eigenvalue weighted by Gasteiger charge is 2.51. The van der Waals surface area contributed by atoms with Crippen LogP contribution in [0, 0.1) is 24.2 Å². The largest absolute Gasteiger partial charge is 0.355 e. The van der Waals surface area contributed by atoms with E-state index in [9.17, 15) is 4.79 Å². The Bertz CT molecular complexity index is 944. The number of fused-ring (bicyclic) bond motifs is 1. The summed E-state index contributed by atoms with van der Waals surface area (Å²) in [6, 6.07) is 6.84. The number of benzene rings is 1. The Kier molecular flexibility index (Phi) is 4.73. The van der Waals surface area contributed by atoms with E-state index < -0.39 is 0 Å². The molecule has 1 saturated heterocycles. The van der Waals surface area contributed by atoms with Gasteiger partial charge >= 0.3 is 0 Å². The molecule has 3 atom stereocenters. The molecule has 4 rings (SSSR count). The van der Waals surface area contributed by atoms with Gasteiger partial charge in [-0.3, -0.25) is 9.36 Å². The number of hydrogen-bond acceptors (Lipinski definition) is 4. The minimum atomic E-state index is -0.158. The van der Waals surface area contributed by atoms with Crippen molar-refractivity contribution in [3.8, 4) is 5.69 Å². The van der Waals surface area contributed by atoms with Gasteiger partial charge in [-0.1, -0.05) is 36.2 Å². The molecule has 0 spiro atoms. The molecule has 1 saturated carbocycles. The summed E-state index contributed by atoms with van der Waals surface area (Å²) in [5.74, 6) is 2.61. The van der Waals surface area contributed by atoms with Crippen LogP contribution in [0.15, 0.2) is 29.1 Å². The Labute approximate surface area is 169 Å². The lowest BCUT2D eigenvalue weighted by Gasteiger charge is -2.27. The van der Waals surface area contributed by atoms with Crippen molar-refractivity contribution in [2.75, 3.05) is 24.5 Å². The number of nitrogens with zero attached hydrogens (tertiary/aromatic N) is 3. The molecule has 27 heavy (non-hydrogen) atoms. The standard InChI is InChI=1S/C20H24Cl2N4O/c1-12-6-14-9-25(11-20(14,8-12)10-23)17-7-18(27)26(13(2)24-17)16-5-3-4-15(21)19(16)22/h3-5,7,12,14H,6,8-11,23H2,1-2H3/t12?,14?,20-/m0/s1. The van der Waals surface area contributed by atoms with Gasteiger partial charge in [0, 0.05) is 24.6 Å². The first-order valence-corrected chi connectivity index (χ1v) is 10.1. The van der Waals surface area contributed by atoms with E-state index in [1.165, 1.54) is 11.0 Å². The molecule has 7 heteroatoms. The van der Waals surface area contributed by atoms with Gasteiger partial charge in [0.1, 0.15) is 11.6 Å². The maximum absolute atomic E-state index is 12.9. The van der Waals surface area contributed by atoms with Gasteiger partial charge in [-0.05, 0) is 50.3 Å². The lowest BCUT2D eigenvalue weighted by molar-refractivity contribution is 0.279. The van der Waals surface area contributed by atoms with Gasteiger partial charge in [0.2, 0.25) is 0 Å². The number of aromatic nitrogens is 2. The van der Waals surface area contributed by atoms with E-state index in [4.69, 9.17) is 33.9 Å². The van der Waals surface area contributed by atoms with E-state index in [1.807, 2.05) is 6.92 Å². The lowest BCUT2D eigenvalue weighted by atomic mass is 9.81. The highest BCUT2D eigenvalue weighted by molar-refractivity contribution is 6.43. The Morgan fingerprint density at radius 1 is 1.37 bits per heavy atom. The molecule has 1 aromatic carbocycles. The normalized spacial score (nSPS) is 27.2. The van der Waals surface area contributed by atoms with E-state index in [-0.39, 0.29) is 11.0 Å². The summed E-state index contributed by atoms with van der Waals surface area (Å²) in [5.41, 5.74) is 6.71. The maximum Gasteiger partial charge on any atom is 0.260 e. The molecule has 1 aromatic heterocycles. The number of nitrogens with two attached hydrogens (primary N) is 1. The molecule has 1 aliphatic heterocycles. The van der Waals surface area contributed by atoms with Crippen LogP contribution in [0.25, 0.3) is 5.69 Å². The van der Waals surface area contributed by atoms with Crippen LogP contribution < -0.4 is 16.2 Å². The van der Waals surface area contributed by atoms with Crippen molar-refractivity contribution in [2.24, 2.45) is 23.0 Å². The van der Waals surface area contributed by atoms with E-state index >= 15 is 0 Å². The Balaban J connectivity index is 1.70. The van der Waals surface area contributed by atoms with Crippen LogP contribution in [-0.4, -0.2) is 29.2 Å². The molecule has 0 bridgehead atoms. The summed E-state index contributed by atoms with van der Waals surface area (Å²) in [6.45, 7) is 6.59. The topological polar surface area (TPSA) is 64.2 Å². The molecule has 2 N–H and O–H groups in total. The van der Waals surface area contributed by atoms with Gasteiger partial charge in [-0.2, -0.15) is 0 Å². The third-order valence-corrected chi connectivity index (χ3v) is 7.04. The van der Waals surface area contributed by atoms with Crippen LogP contribution in [0.4, 0.5) is 5.82 Å². The van der Waals surface area contributed by atoms with Crippen LogP contribution in [0.3, 0.4) is 0 Å². The number of rotatable bonds is 3. The smallest absolute Gasteiger partial charge is 0.260 e. The third-order valence-electron chi connectivity index (χ3n) is 6.23. The zero-order valence-electron chi connectivity index (χ0n) is 15.6. The zero-order valence-corrected chi connectivity index (χ0v) is 17.1. The summed E-state index contributed by atoms with van der Waals surface area (Å²) in [6.07, 6.45) is 2.35. The second-order valence-electron chi connectivity index (χ2n) is 8.10. The summed E-state index contributed by atoms with van der Waals surface area (Å²) in [5, 5.41) is 0.765. The molecule has 2 aliphatic rings. The second-order valence-corrected chi connectivity index (χ2v) is 8.88. The van der Waals surface area contributed by atoms with Gasteiger partial charge in [0.25, 0.3) is 5.56 Å². The number of halogens is 2. The van der Waals surface area contributed by atoms with Gasteiger partial charge in [0.05, 0.1) is 15.7 Å². The lowest BCUT2D eigenvalue weighted by Crippen LogP contribution is -2.36. The monoisotopic (exact) mass is 406 g/mol. The number of aryl methyl sites for hydroxylation is 1. The van der Waals surface area contributed by atoms with Gasteiger partial charge in [-0.25, -0.2) is 4.98 Å². The van der Waals surface area contributed by atoms with E-state index in [0.717, 1.165) is 25.3 Å². The molecular weight excluding hydrogens is 383 g/mol. The minimum absolute atomic E-state index is 0.153. The average molecular weight is 407 g/mol. The fourth-order valence-corrected chi connectivity index (χ4v) is 5.42. The molecule has 2 aromatic rings. The van der Waals surface area contributed by atoms with Crippen molar-refractivity contribution >= 4 is 29.0 Å². The molecule has 2 unspecified atom stereocenters. The quantitative estimate of drug-likeness (QED) is 0.844. The molecule has 2 fully saturated rings. The Morgan fingerprint density at radius 2 is 2.15 bits per heavy atom.